The van der Waals surface area contributed by atoms with Crippen LogP contribution in [0.15, 0.2) is 102 Å². The second-order valence-electron chi connectivity index (χ2n) is 10.2. The lowest BCUT2D eigenvalue weighted by Crippen LogP contribution is -2.50. The fourth-order valence-electron chi connectivity index (χ4n) is 5.77. The summed E-state index contributed by atoms with van der Waals surface area (Å²) in [5.41, 5.74) is 4.65. The second-order valence-corrected chi connectivity index (χ2v) is 10.2. The van der Waals surface area contributed by atoms with Crippen LogP contribution in [0.5, 0.6) is 0 Å². The summed E-state index contributed by atoms with van der Waals surface area (Å²) < 4.78 is 29.3. The van der Waals surface area contributed by atoms with Gasteiger partial charge in [0.2, 0.25) is 5.52 Å². The summed E-state index contributed by atoms with van der Waals surface area (Å²) in [4.78, 5) is 25.7. The zero-order chi connectivity index (χ0) is 28.5. The van der Waals surface area contributed by atoms with E-state index in [1.807, 2.05) is 18.2 Å². The van der Waals surface area contributed by atoms with Crippen LogP contribution < -0.4 is 10.5 Å². The van der Waals surface area contributed by atoms with Crippen molar-refractivity contribution >= 4 is 22.5 Å². The molecular formula is C33H27F2N5O. The zero-order valence-electron chi connectivity index (χ0n) is 22.4. The highest BCUT2D eigenvalue weighted by Gasteiger charge is 2.35. The first-order valence-electron chi connectivity index (χ1n) is 13.4. The van der Waals surface area contributed by atoms with Crippen molar-refractivity contribution in [1.82, 2.24) is 14.5 Å². The highest BCUT2D eigenvalue weighted by Crippen LogP contribution is 2.38. The molecule has 204 valence electrons. The second kappa shape index (κ2) is 11.0. The maximum Gasteiger partial charge on any atom is 0.270 e. The van der Waals surface area contributed by atoms with Crippen LogP contribution in [0.3, 0.4) is 0 Å². The van der Waals surface area contributed by atoms with Crippen LogP contribution in [0.4, 0.5) is 20.3 Å². The normalized spacial score (nSPS) is 15.8. The van der Waals surface area contributed by atoms with Gasteiger partial charge in [-0.3, -0.25) is 9.69 Å². The molecule has 0 aliphatic carbocycles. The Morgan fingerprint density at radius 2 is 1.51 bits per heavy atom. The SMILES string of the molecule is [C-]#[N+]c1ccc2c(n1)c(N1CCN(C(c3ccc(F)cc3)c3ccc(F)cc3)CC1c1ccccc1)cc(=O)n2C. The lowest BCUT2D eigenvalue weighted by atomic mass is 9.93. The van der Waals surface area contributed by atoms with Crippen LogP contribution in [-0.4, -0.2) is 34.1 Å². The highest BCUT2D eigenvalue weighted by molar-refractivity contribution is 5.90. The molecular weight excluding hydrogens is 520 g/mol. The summed E-state index contributed by atoms with van der Waals surface area (Å²) >= 11 is 0. The summed E-state index contributed by atoms with van der Waals surface area (Å²) in [7, 11) is 1.70. The monoisotopic (exact) mass is 547 g/mol. The van der Waals surface area contributed by atoms with Crippen LogP contribution in [-0.2, 0) is 7.05 Å². The smallest absolute Gasteiger partial charge is 0.270 e. The van der Waals surface area contributed by atoms with Gasteiger partial charge in [-0.15, -0.1) is 4.98 Å². The average Bonchev–Trinajstić information content (AvgIpc) is 3.01. The van der Waals surface area contributed by atoms with Gasteiger partial charge in [0.15, 0.2) is 0 Å². The highest BCUT2D eigenvalue weighted by atomic mass is 19.1. The van der Waals surface area contributed by atoms with Gasteiger partial charge in [0.25, 0.3) is 11.4 Å². The molecule has 1 aliphatic heterocycles. The number of benzene rings is 3. The van der Waals surface area contributed by atoms with E-state index in [1.165, 1.54) is 24.3 Å². The maximum atomic E-state index is 13.9. The van der Waals surface area contributed by atoms with E-state index in [1.54, 1.807) is 54.1 Å². The topological polar surface area (TPSA) is 45.7 Å². The lowest BCUT2D eigenvalue weighted by Gasteiger charge is -2.46. The number of aromatic nitrogens is 2. The molecule has 5 aromatic rings. The third kappa shape index (κ3) is 5.08. The van der Waals surface area contributed by atoms with Gasteiger partial charge < -0.3 is 14.3 Å². The Morgan fingerprint density at radius 1 is 0.878 bits per heavy atom. The molecule has 6 rings (SSSR count). The third-order valence-corrected chi connectivity index (χ3v) is 7.81. The Morgan fingerprint density at radius 3 is 2.12 bits per heavy atom. The molecule has 41 heavy (non-hydrogen) atoms. The van der Waals surface area contributed by atoms with Gasteiger partial charge in [-0.1, -0.05) is 61.2 Å². The number of anilines is 1. The molecule has 1 saturated heterocycles. The van der Waals surface area contributed by atoms with E-state index >= 15 is 0 Å². The number of rotatable bonds is 5. The predicted octanol–water partition coefficient (Wildman–Crippen LogP) is 6.42. The molecule has 0 amide bonds. The quantitative estimate of drug-likeness (QED) is 0.239. The van der Waals surface area contributed by atoms with Crippen molar-refractivity contribution in [2.75, 3.05) is 24.5 Å². The van der Waals surface area contributed by atoms with Crippen molar-refractivity contribution in [2.45, 2.75) is 12.1 Å². The first-order valence-corrected chi connectivity index (χ1v) is 13.4. The number of aryl methyl sites for hydroxylation is 1. The maximum absolute atomic E-state index is 13.9. The van der Waals surface area contributed by atoms with E-state index in [0.717, 1.165) is 16.7 Å². The van der Waals surface area contributed by atoms with Crippen molar-refractivity contribution in [3.05, 3.63) is 147 Å². The van der Waals surface area contributed by atoms with Crippen molar-refractivity contribution in [1.29, 1.82) is 0 Å². The summed E-state index contributed by atoms with van der Waals surface area (Å²) in [6.45, 7) is 9.24. The van der Waals surface area contributed by atoms with E-state index in [4.69, 9.17) is 6.57 Å². The average molecular weight is 548 g/mol. The number of piperazine rings is 1. The lowest BCUT2D eigenvalue weighted by molar-refractivity contribution is 0.183. The predicted molar refractivity (Wildman–Crippen MR) is 156 cm³/mol. The molecule has 1 aliphatic rings. The molecule has 0 saturated carbocycles. The third-order valence-electron chi connectivity index (χ3n) is 7.81. The Bertz CT molecular complexity index is 1750. The summed E-state index contributed by atoms with van der Waals surface area (Å²) in [5, 5.41) is 0. The first kappa shape index (κ1) is 26.4. The Kier molecular flexibility index (Phi) is 7.04. The Balaban J connectivity index is 1.47. The van der Waals surface area contributed by atoms with Crippen LogP contribution in [0.25, 0.3) is 15.9 Å². The number of pyridine rings is 2. The number of halogens is 2. The van der Waals surface area contributed by atoms with Crippen molar-refractivity contribution < 1.29 is 8.78 Å². The number of hydrogen-bond acceptors (Lipinski definition) is 4. The molecule has 0 bridgehead atoms. The molecule has 0 N–H and O–H groups in total. The first-order chi connectivity index (χ1) is 19.9. The molecule has 1 atom stereocenters. The summed E-state index contributed by atoms with van der Waals surface area (Å²) in [5.74, 6) is -0.371. The zero-order valence-corrected chi connectivity index (χ0v) is 22.4. The molecule has 0 radical (unpaired) electrons. The van der Waals surface area contributed by atoms with E-state index in [0.29, 0.717) is 36.4 Å². The van der Waals surface area contributed by atoms with Gasteiger partial charge in [-0.25, -0.2) is 8.78 Å². The van der Waals surface area contributed by atoms with Crippen molar-refractivity contribution in [3.63, 3.8) is 0 Å². The Hall–Kier alpha value is -4.87. The standard InChI is InChI=1S/C33H27F2N5O/c1-36-30-17-16-27-32(37-30)28(20-31(41)38(27)2)40-19-18-39(21-29(40)22-6-4-3-5-7-22)33(23-8-12-25(34)13-9-23)24-10-14-26(35)15-11-24/h3-17,20,29,33H,18-19,21H2,2H3. The van der Waals surface area contributed by atoms with Gasteiger partial charge in [0.05, 0.1) is 23.3 Å². The van der Waals surface area contributed by atoms with Crippen LogP contribution in [0.1, 0.15) is 28.8 Å². The molecule has 6 nitrogen and oxygen atoms in total. The molecule has 2 aromatic heterocycles. The van der Waals surface area contributed by atoms with Crippen LogP contribution in [0, 0.1) is 18.2 Å². The number of hydrogen-bond donors (Lipinski definition) is 0. The molecule has 1 fully saturated rings. The van der Waals surface area contributed by atoms with E-state index in [9.17, 15) is 13.6 Å². The van der Waals surface area contributed by atoms with Gasteiger partial charge in [0, 0.05) is 32.7 Å². The minimum absolute atomic E-state index is 0.158. The largest absolute Gasteiger partial charge is 0.361 e. The Labute approximate surface area is 236 Å². The fourth-order valence-corrected chi connectivity index (χ4v) is 5.77. The molecule has 0 spiro atoms. The van der Waals surface area contributed by atoms with E-state index < -0.39 is 0 Å². The van der Waals surface area contributed by atoms with E-state index in [-0.39, 0.29) is 35.1 Å². The summed E-state index contributed by atoms with van der Waals surface area (Å²) in [6, 6.07) is 27.6. The minimum Gasteiger partial charge on any atom is -0.361 e. The van der Waals surface area contributed by atoms with Crippen molar-refractivity contribution in [3.8, 4) is 0 Å². The summed E-state index contributed by atoms with van der Waals surface area (Å²) in [6.07, 6.45) is 0. The van der Waals surface area contributed by atoms with Crippen molar-refractivity contribution in [2.24, 2.45) is 7.05 Å². The fraction of sp³-hybridized carbons (Fsp3) is 0.182. The molecule has 3 heterocycles. The minimum atomic E-state index is -0.317. The molecule has 8 heteroatoms. The van der Waals surface area contributed by atoms with Gasteiger partial charge in [0.1, 0.15) is 11.6 Å². The van der Waals surface area contributed by atoms with Crippen LogP contribution in [0.2, 0.25) is 0 Å². The number of fused-ring (bicyclic) bond motifs is 1. The van der Waals surface area contributed by atoms with Crippen LogP contribution >= 0.6 is 0 Å². The van der Waals surface area contributed by atoms with Gasteiger partial charge in [-0.05, 0) is 53.1 Å². The molecule has 3 aromatic carbocycles. The number of nitrogens with zero attached hydrogens (tertiary/aromatic N) is 5. The van der Waals surface area contributed by atoms with E-state index in [2.05, 4.69) is 31.8 Å². The van der Waals surface area contributed by atoms with Gasteiger partial charge in [-0.2, -0.15) is 0 Å². The molecule has 1 unspecified atom stereocenters. The van der Waals surface area contributed by atoms with Gasteiger partial charge >= 0.3 is 0 Å².